The molecule has 0 radical (unpaired) electrons. The highest BCUT2D eigenvalue weighted by Gasteiger charge is 2.12. The number of rotatable bonds is 4. The molecule has 0 aliphatic carbocycles. The number of phenolic OH excluding ortho intramolecular Hbond substituents is 1. The lowest BCUT2D eigenvalue weighted by atomic mass is 10.2. The summed E-state index contributed by atoms with van der Waals surface area (Å²) in [6, 6.07) is 4.88. The molecule has 110 valence electrons. The van der Waals surface area contributed by atoms with Crippen molar-refractivity contribution >= 4 is 12.1 Å². The molecule has 0 spiro atoms. The number of H-pyrrole nitrogens is 2. The SMILES string of the molecule is COc1cccc(C=NNC(=O)c2[nH][nH]c(=O)c2C)c1O. The quantitative estimate of drug-likeness (QED) is 0.484. The second-order valence-corrected chi connectivity index (χ2v) is 4.18. The molecular formula is C13H14N4O4. The van der Waals surface area contributed by atoms with E-state index in [-0.39, 0.29) is 22.6 Å². The highest BCUT2D eigenvalue weighted by Crippen LogP contribution is 2.27. The molecule has 0 aliphatic rings. The van der Waals surface area contributed by atoms with Gasteiger partial charge in [-0.2, -0.15) is 5.10 Å². The Morgan fingerprint density at radius 3 is 2.81 bits per heavy atom. The molecule has 2 aromatic rings. The van der Waals surface area contributed by atoms with Crippen LogP contribution in [0.5, 0.6) is 11.5 Å². The van der Waals surface area contributed by atoms with Gasteiger partial charge in [-0.05, 0) is 19.1 Å². The molecule has 8 heteroatoms. The summed E-state index contributed by atoms with van der Waals surface area (Å²) in [6.45, 7) is 1.52. The molecule has 0 saturated carbocycles. The van der Waals surface area contributed by atoms with Crippen LogP contribution in [-0.4, -0.2) is 34.5 Å². The van der Waals surface area contributed by atoms with Crippen molar-refractivity contribution in [2.24, 2.45) is 5.10 Å². The van der Waals surface area contributed by atoms with Gasteiger partial charge in [0.1, 0.15) is 5.69 Å². The minimum absolute atomic E-state index is 0.0794. The van der Waals surface area contributed by atoms with Crippen LogP contribution in [-0.2, 0) is 0 Å². The first kappa shape index (κ1) is 14.4. The monoisotopic (exact) mass is 290 g/mol. The van der Waals surface area contributed by atoms with Gasteiger partial charge in [0.25, 0.3) is 11.5 Å². The van der Waals surface area contributed by atoms with Gasteiger partial charge >= 0.3 is 0 Å². The summed E-state index contributed by atoms with van der Waals surface area (Å²) in [5.74, 6) is -0.343. The second-order valence-electron chi connectivity index (χ2n) is 4.18. The highest BCUT2D eigenvalue weighted by molar-refractivity contribution is 5.94. The number of aromatic nitrogens is 2. The number of amides is 1. The van der Waals surface area contributed by atoms with Crippen LogP contribution in [0.1, 0.15) is 21.6 Å². The third-order valence-electron chi connectivity index (χ3n) is 2.86. The van der Waals surface area contributed by atoms with Crippen molar-refractivity contribution in [3.8, 4) is 11.5 Å². The largest absolute Gasteiger partial charge is 0.504 e. The van der Waals surface area contributed by atoms with Crippen LogP contribution in [0.15, 0.2) is 28.1 Å². The van der Waals surface area contributed by atoms with Crippen LogP contribution in [0.3, 0.4) is 0 Å². The Morgan fingerprint density at radius 2 is 2.19 bits per heavy atom. The van der Waals surface area contributed by atoms with Crippen LogP contribution < -0.4 is 15.7 Å². The van der Waals surface area contributed by atoms with Crippen molar-refractivity contribution in [3.63, 3.8) is 0 Å². The smallest absolute Gasteiger partial charge is 0.289 e. The Labute approximate surface area is 119 Å². The zero-order valence-electron chi connectivity index (χ0n) is 11.4. The molecular weight excluding hydrogens is 276 g/mol. The van der Waals surface area contributed by atoms with E-state index < -0.39 is 5.91 Å². The number of para-hydroxylation sites is 1. The standard InChI is InChI=1S/C13H14N4O4/c1-7-10(15-17-12(7)19)13(20)16-14-6-8-4-3-5-9(21-2)11(8)18/h3-6,18H,1-2H3,(H,16,20)(H2,15,17,19). The Morgan fingerprint density at radius 1 is 1.43 bits per heavy atom. The number of nitrogens with zero attached hydrogens (tertiary/aromatic N) is 1. The van der Waals surface area contributed by atoms with Gasteiger partial charge in [0, 0.05) is 11.1 Å². The number of aromatic amines is 2. The van der Waals surface area contributed by atoms with Gasteiger partial charge in [0.05, 0.1) is 13.3 Å². The first-order valence-corrected chi connectivity index (χ1v) is 6.01. The van der Waals surface area contributed by atoms with Gasteiger partial charge in [-0.15, -0.1) is 0 Å². The van der Waals surface area contributed by atoms with E-state index in [1.54, 1.807) is 18.2 Å². The van der Waals surface area contributed by atoms with Crippen LogP contribution >= 0.6 is 0 Å². The Hall–Kier alpha value is -3.03. The van der Waals surface area contributed by atoms with E-state index >= 15 is 0 Å². The molecule has 0 atom stereocenters. The summed E-state index contributed by atoms with van der Waals surface area (Å²) in [4.78, 5) is 23.0. The Bertz CT molecular complexity index is 745. The number of hydrogen-bond donors (Lipinski definition) is 4. The van der Waals surface area contributed by atoms with Crippen molar-refractivity contribution < 1.29 is 14.6 Å². The molecule has 1 aromatic carbocycles. The number of benzene rings is 1. The number of phenols is 1. The number of hydrogen-bond acceptors (Lipinski definition) is 5. The minimum Gasteiger partial charge on any atom is -0.504 e. The van der Waals surface area contributed by atoms with E-state index in [9.17, 15) is 14.7 Å². The normalized spacial score (nSPS) is 10.8. The van der Waals surface area contributed by atoms with Crippen LogP contribution in [0.25, 0.3) is 0 Å². The molecule has 1 aromatic heterocycles. The molecule has 0 saturated heterocycles. The van der Waals surface area contributed by atoms with Gasteiger partial charge in [0.2, 0.25) is 0 Å². The fourth-order valence-electron chi connectivity index (χ4n) is 1.67. The molecule has 8 nitrogen and oxygen atoms in total. The third kappa shape index (κ3) is 2.94. The number of carbonyl (C=O) groups excluding carboxylic acids is 1. The third-order valence-corrected chi connectivity index (χ3v) is 2.86. The van der Waals surface area contributed by atoms with Gasteiger partial charge in [-0.3, -0.25) is 19.8 Å². The van der Waals surface area contributed by atoms with E-state index in [0.717, 1.165) is 0 Å². The Kier molecular flexibility index (Phi) is 4.07. The van der Waals surface area contributed by atoms with Gasteiger partial charge < -0.3 is 9.84 Å². The maximum atomic E-state index is 11.8. The number of carbonyl (C=O) groups is 1. The number of methoxy groups -OCH3 is 1. The van der Waals surface area contributed by atoms with Crippen molar-refractivity contribution in [1.82, 2.24) is 15.6 Å². The predicted octanol–water partition coefficient (Wildman–Crippen LogP) is 0.490. The molecule has 0 bridgehead atoms. The molecule has 1 amide bonds. The predicted molar refractivity (Wildman–Crippen MR) is 75.9 cm³/mol. The van der Waals surface area contributed by atoms with Crippen LogP contribution in [0.2, 0.25) is 0 Å². The lowest BCUT2D eigenvalue weighted by Gasteiger charge is -2.04. The van der Waals surface area contributed by atoms with Crippen LogP contribution in [0, 0.1) is 6.92 Å². The highest BCUT2D eigenvalue weighted by atomic mass is 16.5. The maximum Gasteiger partial charge on any atom is 0.289 e. The Balaban J connectivity index is 2.11. The molecule has 21 heavy (non-hydrogen) atoms. The molecule has 0 aliphatic heterocycles. The summed E-state index contributed by atoms with van der Waals surface area (Å²) in [5, 5.41) is 18.3. The zero-order chi connectivity index (χ0) is 15.4. The van der Waals surface area contributed by atoms with Crippen molar-refractivity contribution in [3.05, 3.63) is 45.4 Å². The first-order chi connectivity index (χ1) is 10.0. The van der Waals surface area contributed by atoms with Crippen LogP contribution in [0.4, 0.5) is 0 Å². The van der Waals surface area contributed by atoms with E-state index in [4.69, 9.17) is 4.74 Å². The molecule has 2 rings (SSSR count). The first-order valence-electron chi connectivity index (χ1n) is 6.01. The van der Waals surface area contributed by atoms with E-state index in [0.29, 0.717) is 11.3 Å². The number of nitrogens with one attached hydrogen (secondary N) is 3. The summed E-state index contributed by atoms with van der Waals surface area (Å²) >= 11 is 0. The van der Waals surface area contributed by atoms with Crippen molar-refractivity contribution in [2.45, 2.75) is 6.92 Å². The number of hydrazone groups is 1. The summed E-state index contributed by atoms with van der Waals surface area (Å²) in [6.07, 6.45) is 1.27. The van der Waals surface area contributed by atoms with Crippen molar-refractivity contribution in [2.75, 3.05) is 7.11 Å². The van der Waals surface area contributed by atoms with Gasteiger partial charge in [0.15, 0.2) is 11.5 Å². The van der Waals surface area contributed by atoms with Crippen molar-refractivity contribution in [1.29, 1.82) is 0 Å². The van der Waals surface area contributed by atoms with E-state index in [2.05, 4.69) is 20.7 Å². The minimum atomic E-state index is -0.565. The topological polar surface area (TPSA) is 120 Å². The molecule has 4 N–H and O–H groups in total. The average Bonchev–Trinajstić information content (AvgIpc) is 2.81. The van der Waals surface area contributed by atoms with E-state index in [1.165, 1.54) is 20.2 Å². The number of ether oxygens (including phenoxy) is 1. The van der Waals surface area contributed by atoms with Gasteiger partial charge in [-0.25, -0.2) is 5.43 Å². The van der Waals surface area contributed by atoms with Gasteiger partial charge in [-0.1, -0.05) is 6.07 Å². The summed E-state index contributed by atoms with van der Waals surface area (Å²) < 4.78 is 4.96. The zero-order valence-corrected chi connectivity index (χ0v) is 11.4. The lowest BCUT2D eigenvalue weighted by Crippen LogP contribution is -2.19. The fraction of sp³-hybridized carbons (Fsp3) is 0.154. The fourth-order valence-corrected chi connectivity index (χ4v) is 1.67. The second kappa shape index (κ2) is 5.95. The average molecular weight is 290 g/mol. The molecule has 0 fully saturated rings. The summed E-state index contributed by atoms with van der Waals surface area (Å²) in [7, 11) is 1.43. The van der Waals surface area contributed by atoms with E-state index in [1.807, 2.05) is 0 Å². The maximum absolute atomic E-state index is 11.8. The summed E-state index contributed by atoms with van der Waals surface area (Å²) in [5.41, 5.74) is 2.65. The molecule has 1 heterocycles. The lowest BCUT2D eigenvalue weighted by molar-refractivity contribution is 0.0949. The number of aromatic hydroxyl groups is 1. The molecule has 0 unspecified atom stereocenters.